The summed E-state index contributed by atoms with van der Waals surface area (Å²) in [6.07, 6.45) is -4.53. The molecule has 0 saturated carbocycles. The van der Waals surface area contributed by atoms with E-state index in [1.807, 2.05) is 0 Å². The zero-order valence-electron chi connectivity index (χ0n) is 11.2. The number of nitrogens with two attached hydrogens (primary N) is 1. The van der Waals surface area contributed by atoms with Gasteiger partial charge in [-0.3, -0.25) is 10.1 Å². The maximum Gasteiger partial charge on any atom is 0.419 e. The van der Waals surface area contributed by atoms with Crippen molar-refractivity contribution in [3.8, 4) is 0 Å². The Kier molecular flexibility index (Phi) is 5.68. The summed E-state index contributed by atoms with van der Waals surface area (Å²) < 4.78 is 51.2. The zero-order chi connectivity index (χ0) is 16.2. The highest BCUT2D eigenvalue weighted by atomic mass is 19.4. The first-order chi connectivity index (χ1) is 9.70. The minimum absolute atomic E-state index is 0.0194. The first-order valence-corrected chi connectivity index (χ1v) is 6.23. The zero-order valence-corrected chi connectivity index (χ0v) is 11.2. The Morgan fingerprint density at radius 2 is 2.05 bits per heavy atom. The molecule has 4 N–H and O–H groups in total. The van der Waals surface area contributed by atoms with Gasteiger partial charge in [0.15, 0.2) is 0 Å². The van der Waals surface area contributed by atoms with Crippen LogP contribution in [0.4, 0.5) is 17.6 Å². The summed E-state index contributed by atoms with van der Waals surface area (Å²) in [6, 6.07) is 0.641. The van der Waals surface area contributed by atoms with Crippen LogP contribution in [0.3, 0.4) is 0 Å². The summed E-state index contributed by atoms with van der Waals surface area (Å²) in [5.41, 5.74) is 3.72. The second-order valence-corrected chi connectivity index (χ2v) is 4.50. The molecule has 118 valence electrons. The number of primary amides is 1. The van der Waals surface area contributed by atoms with E-state index in [1.165, 1.54) is 0 Å². The second kappa shape index (κ2) is 6.86. The van der Waals surface area contributed by atoms with Crippen LogP contribution < -0.4 is 11.1 Å². The van der Waals surface area contributed by atoms with E-state index >= 15 is 0 Å². The molecule has 0 radical (unpaired) electrons. The first-order valence-electron chi connectivity index (χ1n) is 6.23. The lowest BCUT2D eigenvalue weighted by Crippen LogP contribution is -2.43. The Hall–Kier alpha value is -1.67. The summed E-state index contributed by atoms with van der Waals surface area (Å²) in [4.78, 5) is 11.1. The number of hydrogen-bond donors (Lipinski definition) is 3. The van der Waals surface area contributed by atoms with Gasteiger partial charge in [0.2, 0.25) is 5.91 Å². The van der Waals surface area contributed by atoms with Crippen molar-refractivity contribution >= 4 is 5.91 Å². The number of carbonyl (C=O) groups is 1. The van der Waals surface area contributed by atoms with E-state index in [2.05, 4.69) is 5.32 Å². The third kappa shape index (κ3) is 4.40. The molecule has 4 nitrogen and oxygen atoms in total. The Morgan fingerprint density at radius 3 is 2.48 bits per heavy atom. The van der Waals surface area contributed by atoms with Crippen molar-refractivity contribution in [2.75, 3.05) is 6.61 Å². The molecule has 0 heterocycles. The summed E-state index contributed by atoms with van der Waals surface area (Å²) in [5.74, 6) is -2.08. The molecule has 1 rings (SSSR count). The molecule has 2 unspecified atom stereocenters. The lowest BCUT2D eigenvalue weighted by molar-refractivity contribution is -0.140. The van der Waals surface area contributed by atoms with E-state index in [4.69, 9.17) is 5.73 Å². The molecule has 1 aromatic rings. The number of alkyl halides is 3. The number of rotatable bonds is 6. The molecule has 1 amide bonds. The minimum atomic E-state index is -4.84. The van der Waals surface area contributed by atoms with Crippen LogP contribution in [0.1, 0.15) is 30.5 Å². The lowest BCUT2D eigenvalue weighted by atomic mass is 10.0. The molecular formula is C13H16F4N2O2. The van der Waals surface area contributed by atoms with Crippen LogP contribution in [0.5, 0.6) is 0 Å². The highest BCUT2D eigenvalue weighted by Gasteiger charge is 2.35. The SMILES string of the molecule is CCC(NC(CO)c1ccc(F)c(C(F)(F)F)c1)C(N)=O. The molecule has 21 heavy (non-hydrogen) atoms. The molecule has 0 aromatic heterocycles. The number of amides is 1. The Balaban J connectivity index is 3.09. The number of aliphatic hydroxyl groups excluding tert-OH is 1. The van der Waals surface area contributed by atoms with E-state index in [0.717, 1.165) is 6.07 Å². The Morgan fingerprint density at radius 1 is 1.43 bits per heavy atom. The third-order valence-corrected chi connectivity index (χ3v) is 3.03. The minimum Gasteiger partial charge on any atom is -0.394 e. The molecule has 0 aliphatic rings. The predicted octanol–water partition coefficient (Wildman–Crippen LogP) is 1.73. The first kappa shape index (κ1) is 17.4. The molecule has 2 atom stereocenters. The molecule has 0 aliphatic heterocycles. The fourth-order valence-corrected chi connectivity index (χ4v) is 1.88. The van der Waals surface area contributed by atoms with Crippen molar-refractivity contribution < 1.29 is 27.5 Å². The maximum atomic E-state index is 13.2. The highest BCUT2D eigenvalue weighted by Crippen LogP contribution is 2.33. The third-order valence-electron chi connectivity index (χ3n) is 3.03. The van der Waals surface area contributed by atoms with Crippen LogP contribution in [-0.4, -0.2) is 23.7 Å². The van der Waals surface area contributed by atoms with Crippen LogP contribution in [0.15, 0.2) is 18.2 Å². The summed E-state index contributed by atoms with van der Waals surface area (Å²) in [5, 5.41) is 11.9. The van der Waals surface area contributed by atoms with Gasteiger partial charge >= 0.3 is 6.18 Å². The standard InChI is InChI=1S/C13H16F4N2O2/c1-2-10(12(18)21)19-11(6-20)7-3-4-9(14)8(5-7)13(15,16)17/h3-5,10-11,19-20H,2,6H2,1H3,(H2,18,21). The Bertz CT molecular complexity index is 505. The normalized spacial score (nSPS) is 14.8. The van der Waals surface area contributed by atoms with Crippen molar-refractivity contribution in [2.24, 2.45) is 5.73 Å². The van der Waals surface area contributed by atoms with Gasteiger partial charge in [0.25, 0.3) is 0 Å². The monoisotopic (exact) mass is 308 g/mol. The average molecular weight is 308 g/mol. The van der Waals surface area contributed by atoms with E-state index in [0.29, 0.717) is 18.6 Å². The predicted molar refractivity (Wildman–Crippen MR) is 67.6 cm³/mol. The summed E-state index contributed by atoms with van der Waals surface area (Å²) >= 11 is 0. The van der Waals surface area contributed by atoms with Crippen LogP contribution in [0.25, 0.3) is 0 Å². The number of aliphatic hydroxyl groups is 1. The number of hydrogen-bond acceptors (Lipinski definition) is 3. The van der Waals surface area contributed by atoms with Crippen molar-refractivity contribution in [1.29, 1.82) is 0 Å². The van der Waals surface area contributed by atoms with E-state index in [1.54, 1.807) is 6.92 Å². The van der Waals surface area contributed by atoms with Crippen molar-refractivity contribution in [3.05, 3.63) is 35.1 Å². The number of halogens is 4. The van der Waals surface area contributed by atoms with Gasteiger partial charge in [0.05, 0.1) is 24.3 Å². The van der Waals surface area contributed by atoms with Gasteiger partial charge in [0.1, 0.15) is 5.82 Å². The van der Waals surface area contributed by atoms with Gasteiger partial charge in [-0.05, 0) is 24.1 Å². The number of benzene rings is 1. The molecular weight excluding hydrogens is 292 g/mol. The van der Waals surface area contributed by atoms with Crippen molar-refractivity contribution in [3.63, 3.8) is 0 Å². The quantitative estimate of drug-likeness (QED) is 0.701. The van der Waals surface area contributed by atoms with E-state index in [9.17, 15) is 27.5 Å². The van der Waals surface area contributed by atoms with Crippen LogP contribution in [0, 0.1) is 5.82 Å². The smallest absolute Gasteiger partial charge is 0.394 e. The van der Waals surface area contributed by atoms with Gasteiger partial charge in [-0.15, -0.1) is 0 Å². The van der Waals surface area contributed by atoms with Crippen molar-refractivity contribution in [1.82, 2.24) is 5.32 Å². The van der Waals surface area contributed by atoms with Gasteiger partial charge in [-0.25, -0.2) is 4.39 Å². The van der Waals surface area contributed by atoms with Crippen molar-refractivity contribution in [2.45, 2.75) is 31.6 Å². The Labute approximate surface area is 118 Å². The van der Waals surface area contributed by atoms with Gasteiger partial charge in [-0.2, -0.15) is 13.2 Å². The molecule has 0 spiro atoms. The largest absolute Gasteiger partial charge is 0.419 e. The number of nitrogens with one attached hydrogen (secondary N) is 1. The van der Waals surface area contributed by atoms with E-state index < -0.39 is 42.2 Å². The highest BCUT2D eigenvalue weighted by molar-refractivity contribution is 5.79. The van der Waals surface area contributed by atoms with Crippen LogP contribution >= 0.6 is 0 Å². The molecule has 8 heteroatoms. The van der Waals surface area contributed by atoms with Crippen LogP contribution in [-0.2, 0) is 11.0 Å². The molecule has 1 aromatic carbocycles. The van der Waals surface area contributed by atoms with Gasteiger partial charge < -0.3 is 10.8 Å². The van der Waals surface area contributed by atoms with Gasteiger partial charge in [0, 0.05) is 0 Å². The number of carbonyl (C=O) groups excluding carboxylic acids is 1. The molecule has 0 bridgehead atoms. The lowest BCUT2D eigenvalue weighted by Gasteiger charge is -2.22. The van der Waals surface area contributed by atoms with Crippen LogP contribution in [0.2, 0.25) is 0 Å². The molecule has 0 aliphatic carbocycles. The molecule has 0 fully saturated rings. The summed E-state index contributed by atoms with van der Waals surface area (Å²) in [7, 11) is 0. The fraction of sp³-hybridized carbons (Fsp3) is 0.462. The molecule has 0 saturated heterocycles. The summed E-state index contributed by atoms with van der Waals surface area (Å²) in [6.45, 7) is 1.09. The van der Waals surface area contributed by atoms with Gasteiger partial charge in [-0.1, -0.05) is 13.0 Å². The second-order valence-electron chi connectivity index (χ2n) is 4.50. The fourth-order valence-electron chi connectivity index (χ4n) is 1.88. The average Bonchev–Trinajstić information content (AvgIpc) is 2.39. The topological polar surface area (TPSA) is 75.3 Å². The van der Waals surface area contributed by atoms with E-state index in [-0.39, 0.29) is 5.56 Å². The maximum absolute atomic E-state index is 13.2.